The van der Waals surface area contributed by atoms with Gasteiger partial charge in [-0.2, -0.15) is 0 Å². The second kappa shape index (κ2) is 9.05. The molecule has 0 fully saturated rings. The number of nitrogen functional groups attached to an aromatic ring is 2. The molecule has 3 aromatic rings. The van der Waals surface area contributed by atoms with Crippen molar-refractivity contribution in [2.45, 2.75) is 6.92 Å². The minimum atomic E-state index is 0.621. The number of anilines is 2. The van der Waals surface area contributed by atoms with E-state index in [0.717, 1.165) is 11.1 Å². The first-order valence-corrected chi connectivity index (χ1v) is 7.69. The standard InChI is InChI=1S/C14H14N2.C5H8N2O/c15-13-9-8-12(10-14(13)16)7-6-11-4-2-1-3-5-11;1-2-8-5-3-4-6-7-5/h1-10H,15-16H2;3-4H,2H2,1H3,(H,6,7). The summed E-state index contributed by atoms with van der Waals surface area (Å²) in [7, 11) is 0. The van der Waals surface area contributed by atoms with E-state index in [1.807, 2.05) is 55.5 Å². The third-order valence-corrected chi connectivity index (χ3v) is 3.15. The van der Waals surface area contributed by atoms with Gasteiger partial charge in [0.1, 0.15) is 0 Å². The lowest BCUT2D eigenvalue weighted by Gasteiger charge is -2.00. The molecule has 0 saturated heterocycles. The molecule has 5 heteroatoms. The van der Waals surface area contributed by atoms with E-state index in [9.17, 15) is 0 Å². The molecule has 3 rings (SSSR count). The SMILES string of the molecule is CCOc1cc[nH]n1.Nc1ccc(C=Cc2ccccc2)cc1N. The number of aromatic amines is 1. The van der Waals surface area contributed by atoms with Crippen LogP contribution in [0.15, 0.2) is 60.8 Å². The van der Waals surface area contributed by atoms with Crippen molar-refractivity contribution in [2.24, 2.45) is 0 Å². The van der Waals surface area contributed by atoms with Gasteiger partial charge in [-0.05, 0) is 30.2 Å². The molecule has 0 amide bonds. The number of H-pyrrole nitrogens is 1. The number of hydrogen-bond donors (Lipinski definition) is 3. The molecule has 0 saturated carbocycles. The first-order chi connectivity index (χ1) is 11.7. The van der Waals surface area contributed by atoms with Crippen molar-refractivity contribution >= 4 is 23.5 Å². The highest BCUT2D eigenvalue weighted by Gasteiger charge is 1.94. The summed E-state index contributed by atoms with van der Waals surface area (Å²) < 4.78 is 5.00. The van der Waals surface area contributed by atoms with Gasteiger partial charge in [-0.3, -0.25) is 5.10 Å². The summed E-state index contributed by atoms with van der Waals surface area (Å²) in [5, 5.41) is 6.40. The third-order valence-electron chi connectivity index (χ3n) is 3.15. The van der Waals surface area contributed by atoms with Crippen molar-refractivity contribution in [1.82, 2.24) is 10.2 Å². The van der Waals surface area contributed by atoms with Gasteiger partial charge in [0.25, 0.3) is 0 Å². The van der Waals surface area contributed by atoms with Gasteiger partial charge >= 0.3 is 0 Å². The average Bonchev–Trinajstić information content (AvgIpc) is 3.11. The predicted molar refractivity (Wildman–Crippen MR) is 100 cm³/mol. The van der Waals surface area contributed by atoms with Gasteiger partial charge in [0, 0.05) is 12.3 Å². The molecule has 0 spiro atoms. The van der Waals surface area contributed by atoms with Crippen LogP contribution in [0.25, 0.3) is 12.2 Å². The van der Waals surface area contributed by atoms with Crippen molar-refractivity contribution in [3.05, 3.63) is 71.9 Å². The van der Waals surface area contributed by atoms with Crippen LogP contribution in [-0.2, 0) is 0 Å². The Morgan fingerprint density at radius 1 is 0.958 bits per heavy atom. The van der Waals surface area contributed by atoms with Crippen LogP contribution in [0.1, 0.15) is 18.1 Å². The van der Waals surface area contributed by atoms with Crippen LogP contribution in [0.4, 0.5) is 11.4 Å². The molecule has 0 radical (unpaired) electrons. The molecule has 24 heavy (non-hydrogen) atoms. The summed E-state index contributed by atoms with van der Waals surface area (Å²) in [4.78, 5) is 0. The van der Waals surface area contributed by atoms with Gasteiger partial charge in [0.2, 0.25) is 5.88 Å². The monoisotopic (exact) mass is 322 g/mol. The summed E-state index contributed by atoms with van der Waals surface area (Å²) in [6, 6.07) is 17.5. The van der Waals surface area contributed by atoms with E-state index >= 15 is 0 Å². The zero-order chi connectivity index (χ0) is 17.2. The number of hydrogen-bond acceptors (Lipinski definition) is 4. The Balaban J connectivity index is 0.000000219. The average molecular weight is 322 g/mol. The normalized spacial score (nSPS) is 10.2. The smallest absolute Gasteiger partial charge is 0.232 e. The van der Waals surface area contributed by atoms with Crippen molar-refractivity contribution in [3.8, 4) is 5.88 Å². The van der Waals surface area contributed by atoms with Crippen molar-refractivity contribution < 1.29 is 4.74 Å². The lowest BCUT2D eigenvalue weighted by Crippen LogP contribution is -1.93. The number of nitrogens with one attached hydrogen (secondary N) is 1. The molecule has 0 aliphatic heterocycles. The van der Waals surface area contributed by atoms with E-state index in [2.05, 4.69) is 22.3 Å². The lowest BCUT2D eigenvalue weighted by molar-refractivity contribution is 0.326. The largest absolute Gasteiger partial charge is 0.477 e. The zero-order valence-corrected chi connectivity index (χ0v) is 13.6. The van der Waals surface area contributed by atoms with Crippen LogP contribution in [0, 0.1) is 0 Å². The summed E-state index contributed by atoms with van der Waals surface area (Å²) in [5.41, 5.74) is 14.8. The lowest BCUT2D eigenvalue weighted by atomic mass is 10.1. The Morgan fingerprint density at radius 3 is 2.33 bits per heavy atom. The summed E-state index contributed by atoms with van der Waals surface area (Å²) >= 11 is 0. The fourth-order valence-corrected chi connectivity index (χ4v) is 1.93. The number of aromatic nitrogens is 2. The summed E-state index contributed by atoms with van der Waals surface area (Å²) in [5.74, 6) is 0.660. The molecule has 5 nitrogen and oxygen atoms in total. The third kappa shape index (κ3) is 5.53. The Labute approximate surface area is 142 Å². The van der Waals surface area contributed by atoms with E-state index in [4.69, 9.17) is 16.2 Å². The van der Waals surface area contributed by atoms with E-state index < -0.39 is 0 Å². The number of rotatable bonds is 4. The zero-order valence-electron chi connectivity index (χ0n) is 13.6. The van der Waals surface area contributed by atoms with Crippen LogP contribution in [-0.4, -0.2) is 16.8 Å². The maximum absolute atomic E-state index is 5.73. The number of ether oxygens (including phenoxy) is 1. The summed E-state index contributed by atoms with van der Waals surface area (Å²) in [6.07, 6.45) is 5.79. The van der Waals surface area contributed by atoms with Crippen LogP contribution in [0.5, 0.6) is 5.88 Å². The van der Waals surface area contributed by atoms with Crippen LogP contribution in [0.2, 0.25) is 0 Å². The molecular weight excluding hydrogens is 300 g/mol. The Morgan fingerprint density at radius 2 is 1.71 bits per heavy atom. The number of nitrogens with zero attached hydrogens (tertiary/aromatic N) is 1. The van der Waals surface area contributed by atoms with Gasteiger partial charge in [0.15, 0.2) is 0 Å². The topological polar surface area (TPSA) is 89.9 Å². The van der Waals surface area contributed by atoms with Crippen molar-refractivity contribution in [1.29, 1.82) is 0 Å². The fourth-order valence-electron chi connectivity index (χ4n) is 1.93. The molecule has 1 heterocycles. The van der Waals surface area contributed by atoms with Gasteiger partial charge in [-0.1, -0.05) is 48.6 Å². The fraction of sp³-hybridized carbons (Fsp3) is 0.105. The van der Waals surface area contributed by atoms with E-state index in [1.165, 1.54) is 0 Å². The van der Waals surface area contributed by atoms with Gasteiger partial charge < -0.3 is 16.2 Å². The van der Waals surface area contributed by atoms with Crippen LogP contribution in [0.3, 0.4) is 0 Å². The van der Waals surface area contributed by atoms with Crippen LogP contribution >= 0.6 is 0 Å². The maximum atomic E-state index is 5.73. The highest BCUT2D eigenvalue weighted by atomic mass is 16.5. The molecule has 0 aliphatic carbocycles. The Bertz CT molecular complexity index is 752. The molecule has 124 valence electrons. The molecule has 5 N–H and O–H groups in total. The van der Waals surface area contributed by atoms with Crippen LogP contribution < -0.4 is 16.2 Å². The Hall–Kier alpha value is -3.21. The van der Waals surface area contributed by atoms with Gasteiger partial charge in [-0.25, -0.2) is 0 Å². The first-order valence-electron chi connectivity index (χ1n) is 7.69. The van der Waals surface area contributed by atoms with E-state index in [1.54, 1.807) is 12.3 Å². The molecule has 2 aromatic carbocycles. The Kier molecular flexibility index (Phi) is 6.46. The predicted octanol–water partition coefficient (Wildman–Crippen LogP) is 3.83. The second-order valence-electron chi connectivity index (χ2n) is 4.98. The molecule has 0 atom stereocenters. The minimum absolute atomic E-state index is 0.621. The molecule has 1 aromatic heterocycles. The van der Waals surface area contributed by atoms with E-state index in [-0.39, 0.29) is 0 Å². The maximum Gasteiger partial charge on any atom is 0.232 e. The highest BCUT2D eigenvalue weighted by molar-refractivity contribution is 5.74. The number of nitrogens with two attached hydrogens (primary N) is 2. The van der Waals surface area contributed by atoms with E-state index in [0.29, 0.717) is 23.9 Å². The molecule has 0 unspecified atom stereocenters. The molecule has 0 bridgehead atoms. The summed E-state index contributed by atoms with van der Waals surface area (Å²) in [6.45, 7) is 2.60. The quantitative estimate of drug-likeness (QED) is 0.503. The minimum Gasteiger partial charge on any atom is -0.477 e. The highest BCUT2D eigenvalue weighted by Crippen LogP contribution is 2.17. The van der Waals surface area contributed by atoms with Crippen molar-refractivity contribution in [2.75, 3.05) is 18.1 Å². The van der Waals surface area contributed by atoms with Crippen molar-refractivity contribution in [3.63, 3.8) is 0 Å². The number of benzene rings is 2. The molecular formula is C19H22N4O. The molecule has 0 aliphatic rings. The van der Waals surface area contributed by atoms with Gasteiger partial charge in [-0.15, -0.1) is 5.10 Å². The van der Waals surface area contributed by atoms with Gasteiger partial charge in [0.05, 0.1) is 18.0 Å². The second-order valence-corrected chi connectivity index (χ2v) is 4.98. The first kappa shape index (κ1) is 17.1.